The average Bonchev–Trinajstić information content (AvgIpc) is 2.82. The molecule has 9 heteroatoms. The number of methoxy groups -OCH3 is 1. The van der Waals surface area contributed by atoms with Gasteiger partial charge < -0.3 is 15.0 Å². The summed E-state index contributed by atoms with van der Waals surface area (Å²) in [6.07, 6.45) is 2.34. The molecule has 8 nitrogen and oxygen atoms in total. The minimum absolute atomic E-state index is 0.0367. The van der Waals surface area contributed by atoms with E-state index >= 15 is 0 Å². The number of benzene rings is 2. The van der Waals surface area contributed by atoms with Gasteiger partial charge in [-0.05, 0) is 44.4 Å². The zero-order valence-electron chi connectivity index (χ0n) is 20.5. The van der Waals surface area contributed by atoms with Crippen LogP contribution in [0.3, 0.4) is 0 Å². The van der Waals surface area contributed by atoms with Crippen LogP contribution in [0.25, 0.3) is 0 Å². The summed E-state index contributed by atoms with van der Waals surface area (Å²) in [6.45, 7) is 5.37. The average molecular weight is 490 g/mol. The molecule has 0 saturated heterocycles. The number of rotatable bonds is 12. The molecule has 1 N–H and O–H groups in total. The molecule has 186 valence electrons. The Morgan fingerprint density at radius 3 is 2.32 bits per heavy atom. The van der Waals surface area contributed by atoms with Crippen molar-refractivity contribution >= 4 is 27.5 Å². The molecule has 0 aromatic heterocycles. The fraction of sp³-hybridized carbons (Fsp3) is 0.440. The molecule has 2 aromatic carbocycles. The molecule has 0 fully saturated rings. The second kappa shape index (κ2) is 12.4. The highest BCUT2D eigenvalue weighted by atomic mass is 32.2. The van der Waals surface area contributed by atoms with Crippen LogP contribution in [0.15, 0.2) is 54.6 Å². The Hall–Kier alpha value is -3.07. The van der Waals surface area contributed by atoms with Crippen LogP contribution in [0.2, 0.25) is 0 Å². The molecule has 0 aliphatic heterocycles. The van der Waals surface area contributed by atoms with Crippen molar-refractivity contribution < 1.29 is 22.7 Å². The van der Waals surface area contributed by atoms with Gasteiger partial charge >= 0.3 is 0 Å². The molecule has 0 aliphatic rings. The fourth-order valence-electron chi connectivity index (χ4n) is 3.41. The van der Waals surface area contributed by atoms with Crippen molar-refractivity contribution in [3.63, 3.8) is 0 Å². The molecular formula is C25H35N3O5S. The van der Waals surface area contributed by atoms with Gasteiger partial charge in [-0.2, -0.15) is 0 Å². The molecule has 0 bridgehead atoms. The van der Waals surface area contributed by atoms with Gasteiger partial charge in [0.2, 0.25) is 21.8 Å². The molecule has 2 aromatic rings. The van der Waals surface area contributed by atoms with Crippen LogP contribution in [0.1, 0.15) is 32.8 Å². The number of ether oxygens (including phenoxy) is 1. The summed E-state index contributed by atoms with van der Waals surface area (Å²) in [4.78, 5) is 27.8. The first-order chi connectivity index (χ1) is 16.1. The number of sulfonamides is 1. The van der Waals surface area contributed by atoms with E-state index < -0.39 is 28.5 Å². The third-order valence-corrected chi connectivity index (χ3v) is 6.81. The van der Waals surface area contributed by atoms with Crippen LogP contribution in [-0.2, 0) is 26.0 Å². The second-order valence-electron chi connectivity index (χ2n) is 8.29. The summed E-state index contributed by atoms with van der Waals surface area (Å²) in [6, 6.07) is 15.3. The number of amides is 2. The second-order valence-corrected chi connectivity index (χ2v) is 10.2. The first-order valence-electron chi connectivity index (χ1n) is 11.3. The lowest BCUT2D eigenvalue weighted by molar-refractivity contribution is -0.139. The SMILES string of the molecule is CC[C@H](C)NC(=O)[C@@H](C)N(CCc1ccccc1)C(=O)CN(c1cccc(OC)c1)S(C)(=O)=O. The van der Waals surface area contributed by atoms with E-state index in [1.165, 1.54) is 12.0 Å². The minimum Gasteiger partial charge on any atom is -0.497 e. The predicted octanol–water partition coefficient (Wildman–Crippen LogP) is 2.84. The maximum Gasteiger partial charge on any atom is 0.244 e. The van der Waals surface area contributed by atoms with Gasteiger partial charge in [-0.15, -0.1) is 0 Å². The highest BCUT2D eigenvalue weighted by Crippen LogP contribution is 2.23. The molecule has 34 heavy (non-hydrogen) atoms. The van der Waals surface area contributed by atoms with Crippen LogP contribution in [0, 0.1) is 0 Å². The lowest BCUT2D eigenvalue weighted by Crippen LogP contribution is -2.53. The smallest absolute Gasteiger partial charge is 0.244 e. The van der Waals surface area contributed by atoms with E-state index in [9.17, 15) is 18.0 Å². The third kappa shape index (κ3) is 7.76. The van der Waals surface area contributed by atoms with Gasteiger partial charge in [-0.1, -0.05) is 43.3 Å². The Balaban J connectivity index is 2.32. The molecule has 0 heterocycles. The Bertz CT molecular complexity index is 1060. The van der Waals surface area contributed by atoms with Gasteiger partial charge in [0.25, 0.3) is 0 Å². The first kappa shape index (κ1) is 27.2. The van der Waals surface area contributed by atoms with Gasteiger partial charge in [0, 0.05) is 18.7 Å². The monoisotopic (exact) mass is 489 g/mol. The number of nitrogens with one attached hydrogen (secondary N) is 1. The third-order valence-electron chi connectivity index (χ3n) is 5.67. The summed E-state index contributed by atoms with van der Waals surface area (Å²) in [5.74, 6) is -0.264. The van der Waals surface area contributed by atoms with Gasteiger partial charge in [-0.25, -0.2) is 8.42 Å². The quantitative estimate of drug-likeness (QED) is 0.495. The van der Waals surface area contributed by atoms with E-state index in [4.69, 9.17) is 4.74 Å². The summed E-state index contributed by atoms with van der Waals surface area (Å²) in [5, 5.41) is 2.91. The lowest BCUT2D eigenvalue weighted by Gasteiger charge is -2.32. The number of carbonyl (C=O) groups is 2. The Morgan fingerprint density at radius 2 is 1.74 bits per heavy atom. The minimum atomic E-state index is -3.78. The Kier molecular flexibility index (Phi) is 9.92. The number of nitrogens with zero attached hydrogens (tertiary/aromatic N) is 2. The van der Waals surface area contributed by atoms with Crippen LogP contribution in [-0.4, -0.2) is 63.7 Å². The molecule has 0 unspecified atom stereocenters. The lowest BCUT2D eigenvalue weighted by atomic mass is 10.1. The van der Waals surface area contributed by atoms with Crippen molar-refractivity contribution in [2.24, 2.45) is 0 Å². The summed E-state index contributed by atoms with van der Waals surface area (Å²) in [5.41, 5.74) is 1.33. The normalized spacial score (nSPS) is 13.0. The van der Waals surface area contributed by atoms with E-state index in [-0.39, 0.29) is 18.5 Å². The zero-order valence-corrected chi connectivity index (χ0v) is 21.3. The number of hydrogen-bond acceptors (Lipinski definition) is 5. The summed E-state index contributed by atoms with van der Waals surface area (Å²) >= 11 is 0. The van der Waals surface area contributed by atoms with Crippen molar-refractivity contribution in [3.05, 3.63) is 60.2 Å². The molecular weight excluding hydrogens is 454 g/mol. The van der Waals surface area contributed by atoms with Gasteiger partial charge in [0.05, 0.1) is 19.1 Å². The van der Waals surface area contributed by atoms with Crippen LogP contribution >= 0.6 is 0 Å². The predicted molar refractivity (Wildman–Crippen MR) is 134 cm³/mol. The van der Waals surface area contributed by atoms with Gasteiger partial charge in [-0.3, -0.25) is 13.9 Å². The van der Waals surface area contributed by atoms with Crippen LogP contribution in [0.5, 0.6) is 5.75 Å². The van der Waals surface area contributed by atoms with Crippen molar-refractivity contribution in [2.75, 3.05) is 30.8 Å². The standard InChI is InChI=1S/C25H35N3O5S/c1-6-19(2)26-25(30)20(3)27(16-15-21-11-8-7-9-12-21)24(29)18-28(34(5,31)32)22-13-10-14-23(17-22)33-4/h7-14,17,19-20H,6,15-16,18H2,1-5H3,(H,26,30)/t19-,20+/m0/s1. The van der Waals surface area contributed by atoms with Crippen molar-refractivity contribution in [1.82, 2.24) is 10.2 Å². The fourth-order valence-corrected chi connectivity index (χ4v) is 4.26. The maximum atomic E-state index is 13.5. The largest absolute Gasteiger partial charge is 0.497 e. The molecule has 2 atom stereocenters. The van der Waals surface area contributed by atoms with E-state index in [0.717, 1.165) is 22.5 Å². The molecule has 2 amide bonds. The van der Waals surface area contributed by atoms with Gasteiger partial charge in [0.15, 0.2) is 0 Å². The van der Waals surface area contributed by atoms with Crippen LogP contribution < -0.4 is 14.4 Å². The van der Waals surface area contributed by atoms with Gasteiger partial charge in [0.1, 0.15) is 18.3 Å². The topological polar surface area (TPSA) is 96.0 Å². The summed E-state index contributed by atoms with van der Waals surface area (Å²) < 4.78 is 31.4. The Labute approximate surface area is 202 Å². The molecule has 0 spiro atoms. The van der Waals surface area contributed by atoms with E-state index in [1.807, 2.05) is 44.2 Å². The number of carbonyl (C=O) groups excluding carboxylic acids is 2. The number of hydrogen-bond donors (Lipinski definition) is 1. The number of anilines is 1. The van der Waals surface area contributed by atoms with Crippen molar-refractivity contribution in [2.45, 2.75) is 45.7 Å². The van der Waals surface area contributed by atoms with Crippen molar-refractivity contribution in [3.8, 4) is 5.75 Å². The Morgan fingerprint density at radius 1 is 1.06 bits per heavy atom. The molecule has 0 saturated carbocycles. The van der Waals surface area contributed by atoms with E-state index in [1.54, 1.807) is 31.2 Å². The van der Waals surface area contributed by atoms with E-state index in [0.29, 0.717) is 17.9 Å². The highest BCUT2D eigenvalue weighted by molar-refractivity contribution is 7.92. The maximum absolute atomic E-state index is 13.5. The molecule has 0 aliphatic carbocycles. The van der Waals surface area contributed by atoms with Crippen molar-refractivity contribution in [1.29, 1.82) is 0 Å². The first-order valence-corrected chi connectivity index (χ1v) is 13.2. The van der Waals surface area contributed by atoms with E-state index in [2.05, 4.69) is 5.32 Å². The molecule has 2 rings (SSSR count). The summed E-state index contributed by atoms with van der Waals surface area (Å²) in [7, 11) is -2.29. The highest BCUT2D eigenvalue weighted by Gasteiger charge is 2.30. The molecule has 0 radical (unpaired) electrons. The van der Waals surface area contributed by atoms with Crippen LogP contribution in [0.4, 0.5) is 5.69 Å². The zero-order chi connectivity index (χ0) is 25.3.